The van der Waals surface area contributed by atoms with Crippen LogP contribution in [0, 0.1) is 23.7 Å². The minimum Gasteiger partial charge on any atom is -0.481 e. The Morgan fingerprint density at radius 1 is 1.20 bits per heavy atom. The highest BCUT2D eigenvalue weighted by molar-refractivity contribution is 5.85. The van der Waals surface area contributed by atoms with Crippen LogP contribution in [0.4, 0.5) is 0 Å². The van der Waals surface area contributed by atoms with Crippen LogP contribution < -0.4 is 0 Å². The van der Waals surface area contributed by atoms with Gasteiger partial charge >= 0.3 is 5.97 Å². The summed E-state index contributed by atoms with van der Waals surface area (Å²) >= 11 is 0. The van der Waals surface area contributed by atoms with Crippen molar-refractivity contribution < 1.29 is 19.4 Å². The molecular formula is C15H25NO4. The molecule has 0 aromatic carbocycles. The van der Waals surface area contributed by atoms with Crippen molar-refractivity contribution in [2.45, 2.75) is 39.2 Å². The van der Waals surface area contributed by atoms with E-state index < -0.39 is 11.9 Å². The Hall–Kier alpha value is -1.10. The van der Waals surface area contributed by atoms with Crippen LogP contribution in [0.25, 0.3) is 0 Å². The van der Waals surface area contributed by atoms with Gasteiger partial charge in [0.2, 0.25) is 5.91 Å². The molecule has 1 saturated carbocycles. The Labute approximate surface area is 120 Å². The fourth-order valence-electron chi connectivity index (χ4n) is 3.61. The average Bonchev–Trinajstić information content (AvgIpc) is 2.81. The molecule has 0 aromatic rings. The van der Waals surface area contributed by atoms with E-state index in [0.717, 1.165) is 13.0 Å². The number of rotatable bonds is 3. The van der Waals surface area contributed by atoms with Crippen LogP contribution in [0.1, 0.15) is 33.1 Å². The van der Waals surface area contributed by atoms with Crippen LogP contribution in [0.2, 0.25) is 0 Å². The van der Waals surface area contributed by atoms with Gasteiger partial charge in [-0.1, -0.05) is 13.8 Å². The molecule has 114 valence electrons. The molecular weight excluding hydrogens is 258 g/mol. The number of methoxy groups -OCH3 is 1. The molecule has 1 aliphatic carbocycles. The van der Waals surface area contributed by atoms with Crippen LogP contribution in [0.15, 0.2) is 0 Å². The van der Waals surface area contributed by atoms with Gasteiger partial charge in [0.25, 0.3) is 0 Å². The lowest BCUT2D eigenvalue weighted by molar-refractivity contribution is -0.151. The molecule has 20 heavy (non-hydrogen) atoms. The third kappa shape index (κ3) is 2.97. The van der Waals surface area contributed by atoms with Crippen LogP contribution in [-0.2, 0) is 14.3 Å². The first-order chi connectivity index (χ1) is 9.43. The lowest BCUT2D eigenvalue weighted by Crippen LogP contribution is -2.49. The van der Waals surface area contributed by atoms with Gasteiger partial charge in [0.05, 0.1) is 17.9 Å². The van der Waals surface area contributed by atoms with E-state index in [1.165, 1.54) is 0 Å². The molecule has 1 heterocycles. The Kier molecular flexibility index (Phi) is 4.68. The summed E-state index contributed by atoms with van der Waals surface area (Å²) in [7, 11) is 1.67. The predicted octanol–water partition coefficient (Wildman–Crippen LogP) is 1.62. The number of carboxylic acids is 1. The van der Waals surface area contributed by atoms with Gasteiger partial charge in [-0.05, 0) is 31.1 Å². The first-order valence-corrected chi connectivity index (χ1v) is 7.48. The number of aliphatic carboxylic acids is 1. The van der Waals surface area contributed by atoms with Gasteiger partial charge in [-0.25, -0.2) is 0 Å². The number of piperidine rings is 1. The largest absolute Gasteiger partial charge is 0.481 e. The molecule has 5 heteroatoms. The second kappa shape index (κ2) is 6.12. The molecule has 0 bridgehead atoms. The van der Waals surface area contributed by atoms with Crippen molar-refractivity contribution in [2.75, 3.05) is 20.2 Å². The number of nitrogens with zero attached hydrogens (tertiary/aromatic N) is 1. The minimum atomic E-state index is -0.832. The van der Waals surface area contributed by atoms with Crippen molar-refractivity contribution in [2.24, 2.45) is 23.7 Å². The summed E-state index contributed by atoms with van der Waals surface area (Å²) in [5.74, 6) is -0.933. The van der Waals surface area contributed by atoms with Crippen molar-refractivity contribution in [1.29, 1.82) is 0 Å². The molecule has 5 unspecified atom stereocenters. The summed E-state index contributed by atoms with van der Waals surface area (Å²) in [5, 5.41) is 9.29. The smallest absolute Gasteiger partial charge is 0.307 e. The summed E-state index contributed by atoms with van der Waals surface area (Å²) in [6.45, 7) is 5.47. The van der Waals surface area contributed by atoms with E-state index in [1.807, 2.05) is 11.8 Å². The number of ether oxygens (including phenoxy) is 1. The number of carbonyl (C=O) groups is 2. The molecule has 5 atom stereocenters. The standard InChI is InChI=1S/C15H25NO4/c1-9-6-11(12(7-9)15(18)19)14(17)16-5-4-10(2)13(8-16)20-3/h9-13H,4-8H2,1-3H3,(H,18,19). The summed E-state index contributed by atoms with van der Waals surface area (Å²) in [6, 6.07) is 0. The van der Waals surface area contributed by atoms with Crippen molar-refractivity contribution >= 4 is 11.9 Å². The monoisotopic (exact) mass is 283 g/mol. The maximum atomic E-state index is 12.6. The van der Waals surface area contributed by atoms with Gasteiger partial charge in [0, 0.05) is 20.2 Å². The predicted molar refractivity (Wildman–Crippen MR) is 74.2 cm³/mol. The van der Waals surface area contributed by atoms with E-state index in [9.17, 15) is 14.7 Å². The Balaban J connectivity index is 2.05. The average molecular weight is 283 g/mol. The SMILES string of the molecule is COC1CN(C(=O)C2CC(C)CC2C(=O)O)CCC1C. The summed E-state index contributed by atoms with van der Waals surface area (Å²) in [4.78, 5) is 25.8. The zero-order valence-electron chi connectivity index (χ0n) is 12.5. The molecule has 5 nitrogen and oxygen atoms in total. The van der Waals surface area contributed by atoms with Crippen molar-refractivity contribution in [3.8, 4) is 0 Å². The highest BCUT2D eigenvalue weighted by Crippen LogP contribution is 2.38. The second-order valence-corrected chi connectivity index (χ2v) is 6.45. The van der Waals surface area contributed by atoms with Crippen molar-refractivity contribution in [1.82, 2.24) is 4.90 Å². The quantitative estimate of drug-likeness (QED) is 0.854. The molecule has 2 aliphatic rings. The fraction of sp³-hybridized carbons (Fsp3) is 0.867. The lowest BCUT2D eigenvalue weighted by Gasteiger charge is -2.37. The highest BCUT2D eigenvalue weighted by Gasteiger charge is 2.43. The van der Waals surface area contributed by atoms with Crippen molar-refractivity contribution in [3.63, 3.8) is 0 Å². The van der Waals surface area contributed by atoms with E-state index >= 15 is 0 Å². The maximum Gasteiger partial charge on any atom is 0.307 e. The molecule has 2 rings (SSSR count). The topological polar surface area (TPSA) is 66.8 Å². The van der Waals surface area contributed by atoms with E-state index in [4.69, 9.17) is 4.74 Å². The number of carbonyl (C=O) groups excluding carboxylic acids is 1. The normalized spacial score (nSPS) is 38.0. The van der Waals surface area contributed by atoms with Gasteiger partial charge in [0.15, 0.2) is 0 Å². The number of carboxylic acid groups (broad SMARTS) is 1. The van der Waals surface area contributed by atoms with Crippen LogP contribution >= 0.6 is 0 Å². The van der Waals surface area contributed by atoms with Crippen LogP contribution in [-0.4, -0.2) is 48.2 Å². The number of hydrogen-bond donors (Lipinski definition) is 1. The summed E-state index contributed by atoms with van der Waals surface area (Å²) in [5.41, 5.74) is 0. The third-order valence-corrected chi connectivity index (χ3v) is 4.94. The third-order valence-electron chi connectivity index (χ3n) is 4.94. The maximum absolute atomic E-state index is 12.6. The van der Waals surface area contributed by atoms with E-state index in [1.54, 1.807) is 7.11 Å². The second-order valence-electron chi connectivity index (χ2n) is 6.45. The first-order valence-electron chi connectivity index (χ1n) is 7.48. The highest BCUT2D eigenvalue weighted by atomic mass is 16.5. The summed E-state index contributed by atoms with van der Waals surface area (Å²) < 4.78 is 5.43. The number of amides is 1. The molecule has 1 amide bonds. The van der Waals surface area contributed by atoms with E-state index in [-0.39, 0.29) is 17.9 Å². The Morgan fingerprint density at radius 3 is 2.45 bits per heavy atom. The van der Waals surface area contributed by atoms with E-state index in [2.05, 4.69) is 6.92 Å². The van der Waals surface area contributed by atoms with Crippen LogP contribution in [0.5, 0.6) is 0 Å². The zero-order valence-corrected chi connectivity index (χ0v) is 12.5. The lowest BCUT2D eigenvalue weighted by atomic mass is 9.91. The van der Waals surface area contributed by atoms with E-state index in [0.29, 0.717) is 31.2 Å². The zero-order chi connectivity index (χ0) is 14.9. The van der Waals surface area contributed by atoms with Gasteiger partial charge in [-0.3, -0.25) is 9.59 Å². The van der Waals surface area contributed by atoms with Gasteiger partial charge in [-0.15, -0.1) is 0 Å². The molecule has 1 saturated heterocycles. The molecule has 0 aromatic heterocycles. The first kappa shape index (κ1) is 15.3. The van der Waals surface area contributed by atoms with Crippen molar-refractivity contribution in [3.05, 3.63) is 0 Å². The molecule has 0 spiro atoms. The fourth-order valence-corrected chi connectivity index (χ4v) is 3.61. The van der Waals surface area contributed by atoms with Gasteiger partial charge in [0.1, 0.15) is 0 Å². The Bertz CT molecular complexity index is 384. The minimum absolute atomic E-state index is 0.00991. The van der Waals surface area contributed by atoms with Crippen LogP contribution in [0.3, 0.4) is 0 Å². The molecule has 0 radical (unpaired) electrons. The van der Waals surface area contributed by atoms with Gasteiger partial charge < -0.3 is 14.7 Å². The Morgan fingerprint density at radius 2 is 1.85 bits per heavy atom. The van der Waals surface area contributed by atoms with Gasteiger partial charge in [-0.2, -0.15) is 0 Å². The summed E-state index contributed by atoms with van der Waals surface area (Å²) in [6.07, 6.45) is 2.29. The number of likely N-dealkylation sites (tertiary alicyclic amines) is 1. The number of hydrogen-bond acceptors (Lipinski definition) is 3. The molecule has 1 N–H and O–H groups in total. The molecule has 1 aliphatic heterocycles. The molecule has 2 fully saturated rings.